The average Bonchev–Trinajstić information content (AvgIpc) is 2.33. The molecule has 0 aromatic carbocycles. The first kappa shape index (κ1) is 8.55. The van der Waals surface area contributed by atoms with Crippen molar-refractivity contribution in [3.05, 3.63) is 29.2 Å². The van der Waals surface area contributed by atoms with Crippen LogP contribution in [0.25, 0.3) is 5.78 Å². The van der Waals surface area contributed by atoms with Gasteiger partial charge in [-0.25, -0.2) is 4.98 Å². The molecule has 2 aromatic rings. The van der Waals surface area contributed by atoms with Gasteiger partial charge in [0.1, 0.15) is 0 Å². The van der Waals surface area contributed by atoms with Gasteiger partial charge in [0.15, 0.2) is 0 Å². The topological polar surface area (TPSA) is 61.4 Å². The number of nitrogens with zero attached hydrogens (tertiary/aromatic N) is 4. The summed E-state index contributed by atoms with van der Waals surface area (Å²) in [6.07, 6.45) is 4.62. The van der Waals surface area contributed by atoms with Gasteiger partial charge in [0.25, 0.3) is 5.69 Å². The Morgan fingerprint density at radius 1 is 1.55 bits per heavy atom. The molecule has 2 rings (SSSR count). The molecule has 0 saturated carbocycles. The van der Waals surface area contributed by atoms with Crippen LogP contribution in [0.5, 0.6) is 0 Å². The van der Waals surface area contributed by atoms with Crippen molar-refractivity contribution in [2.45, 2.75) is 0 Å². The van der Waals surface area contributed by atoms with Gasteiger partial charge in [0.05, 0.1) is 0 Å². The average molecular weight is 224 g/mol. The minimum absolute atomic E-state index is 0. The number of rotatable bonds is 0. The number of fused-ring (bicyclic) bond motifs is 1. The summed E-state index contributed by atoms with van der Waals surface area (Å²) in [5, 5.41) is 0. The van der Waals surface area contributed by atoms with E-state index in [1.54, 1.807) is 16.8 Å². The largest absolute Gasteiger partial charge is 3.00 e. The van der Waals surface area contributed by atoms with Crippen LogP contribution in [-0.2, 0) is 32.7 Å². The molecule has 2 heterocycles. The van der Waals surface area contributed by atoms with E-state index in [4.69, 9.17) is 0 Å². The Morgan fingerprint density at radius 2 is 2.36 bits per heavy atom. The smallest absolute Gasteiger partial charge is 0.366 e. The van der Waals surface area contributed by atoms with Gasteiger partial charge in [-0.05, 0) is 12.4 Å². The zero-order valence-corrected chi connectivity index (χ0v) is 8.34. The number of hydrogen-bond acceptors (Lipinski definition) is 3. The Bertz CT molecular complexity index is 406. The Kier molecular flexibility index (Phi) is 2.51. The van der Waals surface area contributed by atoms with E-state index in [0.29, 0.717) is 5.78 Å². The fraction of sp³-hybridized carbons (Fsp3) is 0. The van der Waals surface area contributed by atoms with Crippen LogP contribution in [0, 0.1) is 0 Å². The van der Waals surface area contributed by atoms with E-state index < -0.39 is 5.69 Å². The van der Waals surface area contributed by atoms with Gasteiger partial charge >= 0.3 is 32.7 Å². The molecule has 0 spiro atoms. The molecule has 0 bridgehead atoms. The second-order valence-corrected chi connectivity index (χ2v) is 1.77. The van der Waals surface area contributed by atoms with Crippen molar-refractivity contribution in [3.63, 3.8) is 0 Å². The number of imidazole rings is 1. The van der Waals surface area contributed by atoms with Crippen LogP contribution in [0.2, 0.25) is 0 Å². The van der Waals surface area contributed by atoms with Gasteiger partial charge in [-0.2, -0.15) is 0 Å². The summed E-state index contributed by atoms with van der Waals surface area (Å²) < 4.78 is 1.57. The Hall–Kier alpha value is -0.546. The van der Waals surface area contributed by atoms with Gasteiger partial charge in [-0.3, -0.25) is 4.79 Å². The summed E-state index contributed by atoms with van der Waals surface area (Å²) in [5.41, 5.74) is -0.501. The van der Waals surface area contributed by atoms with Gasteiger partial charge in [0.2, 0.25) is 0 Å². The first-order chi connectivity index (χ1) is 4.86. The van der Waals surface area contributed by atoms with Crippen molar-refractivity contribution in [3.8, 4) is 0 Å². The van der Waals surface area contributed by atoms with Crippen LogP contribution >= 0.6 is 0 Å². The van der Waals surface area contributed by atoms with E-state index in [1.807, 2.05) is 0 Å². The minimum atomic E-state index is -0.501. The Labute approximate surface area is 86.8 Å². The van der Waals surface area contributed by atoms with Gasteiger partial charge < -0.3 is 14.4 Å². The van der Waals surface area contributed by atoms with Crippen molar-refractivity contribution in [1.82, 2.24) is 19.4 Å². The van der Waals surface area contributed by atoms with E-state index in [1.165, 1.54) is 6.33 Å². The second kappa shape index (κ2) is 3.23. The van der Waals surface area contributed by atoms with Crippen LogP contribution in [0.1, 0.15) is 0 Å². The van der Waals surface area contributed by atoms with Gasteiger partial charge in [-0.1, -0.05) is 0 Å². The number of hydrogen-bond donors (Lipinski definition) is 0. The molecular formula is C5H3N4OY+2. The van der Waals surface area contributed by atoms with Crippen LogP contribution in [0.4, 0.5) is 0 Å². The third-order valence-electron chi connectivity index (χ3n) is 1.14. The van der Waals surface area contributed by atoms with Crippen molar-refractivity contribution in [2.24, 2.45) is 0 Å². The molecule has 0 saturated heterocycles. The van der Waals surface area contributed by atoms with E-state index in [9.17, 15) is 4.79 Å². The van der Waals surface area contributed by atoms with Crippen molar-refractivity contribution in [2.75, 3.05) is 0 Å². The Morgan fingerprint density at radius 3 is 3.18 bits per heavy atom. The quantitative estimate of drug-likeness (QED) is 0.578. The summed E-state index contributed by atoms with van der Waals surface area (Å²) >= 11 is 0. The maximum Gasteiger partial charge on any atom is 3.00 e. The monoisotopic (exact) mass is 224 g/mol. The molecule has 0 atom stereocenters. The van der Waals surface area contributed by atoms with Crippen LogP contribution in [0.3, 0.4) is 0 Å². The molecule has 0 fully saturated rings. The molecule has 2 aromatic heterocycles. The molecule has 50 valence electrons. The summed E-state index contributed by atoms with van der Waals surface area (Å²) in [6.45, 7) is 0. The van der Waals surface area contributed by atoms with E-state index in [-0.39, 0.29) is 32.7 Å². The fourth-order valence-electron chi connectivity index (χ4n) is 0.708. The Balaban J connectivity index is 0.000000605. The van der Waals surface area contributed by atoms with Crippen LogP contribution < -0.4 is 10.7 Å². The molecule has 0 radical (unpaired) electrons. The van der Waals surface area contributed by atoms with Gasteiger partial charge in [-0.15, -0.1) is 0 Å². The molecule has 6 heteroatoms. The SMILES string of the molecule is O=c1ncn2cc[n-]c2n1.[Y+3]. The van der Waals surface area contributed by atoms with Crippen molar-refractivity contribution in [1.29, 1.82) is 0 Å². The predicted molar refractivity (Wildman–Crippen MR) is 32.6 cm³/mol. The second-order valence-electron chi connectivity index (χ2n) is 1.77. The van der Waals surface area contributed by atoms with E-state index in [2.05, 4.69) is 15.0 Å². The van der Waals surface area contributed by atoms with E-state index in [0.717, 1.165) is 0 Å². The van der Waals surface area contributed by atoms with Crippen molar-refractivity contribution >= 4 is 5.78 Å². The standard InChI is InChI=1S/C5H4N4O.Y/c10-5-7-3-9-2-1-6-4(9)8-5;/h1-3H,(H,6,8,10);/q;+3/p-1. The zero-order valence-electron chi connectivity index (χ0n) is 5.51. The summed E-state index contributed by atoms with van der Waals surface area (Å²) in [4.78, 5) is 21.3. The third kappa shape index (κ3) is 1.54. The fourth-order valence-corrected chi connectivity index (χ4v) is 0.708. The molecule has 0 amide bonds. The number of aromatic nitrogens is 4. The van der Waals surface area contributed by atoms with Crippen LogP contribution in [0.15, 0.2) is 23.5 Å². The molecule has 0 N–H and O–H groups in total. The minimum Gasteiger partial charge on any atom is -0.366 e. The van der Waals surface area contributed by atoms with E-state index >= 15 is 0 Å². The zero-order chi connectivity index (χ0) is 6.97. The first-order valence-corrected chi connectivity index (χ1v) is 2.69. The first-order valence-electron chi connectivity index (χ1n) is 2.69. The molecule has 0 aliphatic heterocycles. The molecule has 0 unspecified atom stereocenters. The predicted octanol–water partition coefficient (Wildman–Crippen LogP) is -0.956. The third-order valence-corrected chi connectivity index (χ3v) is 1.14. The maximum atomic E-state index is 10.5. The summed E-state index contributed by atoms with van der Waals surface area (Å²) in [5.74, 6) is 0.389. The molecule has 0 aliphatic rings. The van der Waals surface area contributed by atoms with Gasteiger partial charge in [0, 0.05) is 12.1 Å². The molecule has 5 nitrogen and oxygen atoms in total. The molecule has 11 heavy (non-hydrogen) atoms. The van der Waals surface area contributed by atoms with Crippen LogP contribution in [-0.4, -0.2) is 14.4 Å². The molecular weight excluding hydrogens is 221 g/mol. The maximum absolute atomic E-state index is 10.5. The normalized spacial score (nSPS) is 9.45. The summed E-state index contributed by atoms with van der Waals surface area (Å²) in [7, 11) is 0. The molecule has 0 aliphatic carbocycles. The summed E-state index contributed by atoms with van der Waals surface area (Å²) in [6, 6.07) is 0. The van der Waals surface area contributed by atoms with Crippen molar-refractivity contribution < 1.29 is 32.7 Å².